The number of hydrogen-bond donors (Lipinski definition) is 1. The third kappa shape index (κ3) is 3.69. The van der Waals surface area contributed by atoms with Crippen molar-refractivity contribution in [3.05, 3.63) is 0 Å². The van der Waals surface area contributed by atoms with Crippen molar-refractivity contribution in [1.82, 2.24) is 5.32 Å². The van der Waals surface area contributed by atoms with Crippen molar-refractivity contribution in [3.8, 4) is 0 Å². The second-order valence-corrected chi connectivity index (χ2v) is 6.09. The van der Waals surface area contributed by atoms with E-state index in [2.05, 4.69) is 19.2 Å². The Labute approximate surface area is 107 Å². The van der Waals surface area contributed by atoms with E-state index in [1.165, 1.54) is 57.9 Å². The molecule has 0 aromatic heterocycles. The molecule has 2 atom stereocenters. The van der Waals surface area contributed by atoms with Gasteiger partial charge in [0.05, 0.1) is 6.10 Å². The van der Waals surface area contributed by atoms with Crippen LogP contribution in [0.1, 0.15) is 65.2 Å². The second kappa shape index (κ2) is 6.19. The van der Waals surface area contributed by atoms with E-state index in [1.54, 1.807) is 0 Å². The summed E-state index contributed by atoms with van der Waals surface area (Å²) in [7, 11) is 0. The lowest BCUT2D eigenvalue weighted by Gasteiger charge is -2.33. The number of nitrogens with one attached hydrogen (secondary N) is 1. The van der Waals surface area contributed by atoms with Gasteiger partial charge in [-0.2, -0.15) is 0 Å². The molecule has 0 aromatic carbocycles. The first-order valence-corrected chi connectivity index (χ1v) is 7.62. The summed E-state index contributed by atoms with van der Waals surface area (Å²) in [5.74, 6) is 0. The standard InChI is InChI=1S/C15H29NO/c1-3-4-5-6-9-15(10-11-17-13(15)2)12-16-14-7-8-14/h13-14,16H,3-12H2,1-2H3. The fourth-order valence-corrected chi connectivity index (χ4v) is 3.01. The second-order valence-electron chi connectivity index (χ2n) is 6.09. The molecule has 17 heavy (non-hydrogen) atoms. The molecule has 2 unspecified atom stereocenters. The van der Waals surface area contributed by atoms with Crippen LogP contribution in [-0.4, -0.2) is 25.3 Å². The van der Waals surface area contributed by atoms with Crippen LogP contribution in [0.4, 0.5) is 0 Å². The Bertz CT molecular complexity index is 227. The van der Waals surface area contributed by atoms with E-state index >= 15 is 0 Å². The SMILES string of the molecule is CCCCCCC1(CNC2CC2)CCOC1C. The predicted octanol–water partition coefficient (Wildman–Crippen LogP) is 3.50. The van der Waals surface area contributed by atoms with Gasteiger partial charge in [-0.3, -0.25) is 0 Å². The summed E-state index contributed by atoms with van der Waals surface area (Å²) < 4.78 is 5.84. The van der Waals surface area contributed by atoms with E-state index in [-0.39, 0.29) is 0 Å². The Morgan fingerprint density at radius 2 is 2.06 bits per heavy atom. The average Bonchev–Trinajstić information content (AvgIpc) is 3.09. The number of ether oxygens (including phenoxy) is 1. The van der Waals surface area contributed by atoms with Crippen molar-refractivity contribution in [1.29, 1.82) is 0 Å². The molecule has 2 rings (SSSR count). The molecule has 2 heteroatoms. The summed E-state index contributed by atoms with van der Waals surface area (Å²) in [4.78, 5) is 0. The van der Waals surface area contributed by atoms with Gasteiger partial charge in [0.25, 0.3) is 0 Å². The third-order valence-corrected chi connectivity index (χ3v) is 4.68. The van der Waals surface area contributed by atoms with Crippen LogP contribution in [0.15, 0.2) is 0 Å². The molecule has 1 saturated heterocycles. The summed E-state index contributed by atoms with van der Waals surface area (Å²) in [6, 6.07) is 0.829. The molecule has 1 N–H and O–H groups in total. The minimum absolute atomic E-state index is 0.441. The van der Waals surface area contributed by atoms with E-state index < -0.39 is 0 Å². The molecule has 1 heterocycles. The topological polar surface area (TPSA) is 21.3 Å². The maximum atomic E-state index is 5.84. The lowest BCUT2D eigenvalue weighted by Crippen LogP contribution is -2.40. The fraction of sp³-hybridized carbons (Fsp3) is 1.00. The molecule has 0 amide bonds. The van der Waals surface area contributed by atoms with Gasteiger partial charge in [-0.1, -0.05) is 32.6 Å². The lowest BCUT2D eigenvalue weighted by molar-refractivity contribution is 0.0568. The molecule has 2 fully saturated rings. The molecule has 0 aromatic rings. The molecule has 2 nitrogen and oxygen atoms in total. The summed E-state index contributed by atoms with van der Waals surface area (Å²) >= 11 is 0. The monoisotopic (exact) mass is 239 g/mol. The van der Waals surface area contributed by atoms with Gasteiger partial charge >= 0.3 is 0 Å². The van der Waals surface area contributed by atoms with Crippen LogP contribution < -0.4 is 5.32 Å². The first-order valence-electron chi connectivity index (χ1n) is 7.62. The van der Waals surface area contributed by atoms with E-state index in [0.29, 0.717) is 11.5 Å². The van der Waals surface area contributed by atoms with Crippen LogP contribution in [0.2, 0.25) is 0 Å². The van der Waals surface area contributed by atoms with E-state index in [4.69, 9.17) is 4.74 Å². The number of rotatable bonds is 8. The van der Waals surface area contributed by atoms with Crippen LogP contribution in [-0.2, 0) is 4.74 Å². The minimum atomic E-state index is 0.441. The highest BCUT2D eigenvalue weighted by molar-refractivity contribution is 4.94. The molecule has 100 valence electrons. The molecule has 1 saturated carbocycles. The largest absolute Gasteiger partial charge is 0.378 e. The van der Waals surface area contributed by atoms with Crippen molar-refractivity contribution in [2.45, 2.75) is 77.4 Å². The third-order valence-electron chi connectivity index (χ3n) is 4.68. The minimum Gasteiger partial charge on any atom is -0.378 e. The van der Waals surface area contributed by atoms with Gasteiger partial charge < -0.3 is 10.1 Å². The van der Waals surface area contributed by atoms with Crippen LogP contribution in [0.3, 0.4) is 0 Å². The molecular formula is C15H29NO. The van der Waals surface area contributed by atoms with Gasteiger partial charge in [-0.25, -0.2) is 0 Å². The zero-order valence-corrected chi connectivity index (χ0v) is 11.6. The quantitative estimate of drug-likeness (QED) is 0.655. The van der Waals surface area contributed by atoms with Crippen molar-refractivity contribution >= 4 is 0 Å². The summed E-state index contributed by atoms with van der Waals surface area (Å²) in [5, 5.41) is 3.73. The summed E-state index contributed by atoms with van der Waals surface area (Å²) in [6.07, 6.45) is 11.4. The van der Waals surface area contributed by atoms with Crippen molar-refractivity contribution < 1.29 is 4.74 Å². The highest BCUT2D eigenvalue weighted by Crippen LogP contribution is 2.40. The van der Waals surface area contributed by atoms with Crippen molar-refractivity contribution in [2.75, 3.05) is 13.2 Å². The Morgan fingerprint density at radius 3 is 2.65 bits per heavy atom. The molecule has 0 bridgehead atoms. The molecule has 2 aliphatic rings. The Morgan fingerprint density at radius 1 is 1.24 bits per heavy atom. The number of hydrogen-bond acceptors (Lipinski definition) is 2. The van der Waals surface area contributed by atoms with Gasteiger partial charge in [0, 0.05) is 24.6 Å². The Hall–Kier alpha value is -0.0800. The molecule has 1 aliphatic carbocycles. The van der Waals surface area contributed by atoms with Crippen LogP contribution in [0.25, 0.3) is 0 Å². The Balaban J connectivity index is 1.78. The van der Waals surface area contributed by atoms with Gasteiger partial charge in [0.15, 0.2) is 0 Å². The Kier molecular flexibility index (Phi) is 4.87. The van der Waals surface area contributed by atoms with Crippen LogP contribution in [0, 0.1) is 5.41 Å². The maximum Gasteiger partial charge on any atom is 0.0616 e. The molecular weight excluding hydrogens is 210 g/mol. The number of unbranched alkanes of at least 4 members (excludes halogenated alkanes) is 3. The zero-order chi connectivity index (χ0) is 12.1. The first-order chi connectivity index (χ1) is 8.27. The average molecular weight is 239 g/mol. The molecule has 0 spiro atoms. The normalized spacial score (nSPS) is 33.2. The smallest absolute Gasteiger partial charge is 0.0616 e. The summed E-state index contributed by atoms with van der Waals surface area (Å²) in [6.45, 7) is 6.72. The van der Waals surface area contributed by atoms with E-state index in [1.807, 2.05) is 0 Å². The predicted molar refractivity (Wildman–Crippen MR) is 72.2 cm³/mol. The van der Waals surface area contributed by atoms with Gasteiger partial charge in [-0.05, 0) is 32.6 Å². The van der Waals surface area contributed by atoms with Crippen LogP contribution in [0.5, 0.6) is 0 Å². The highest BCUT2D eigenvalue weighted by atomic mass is 16.5. The van der Waals surface area contributed by atoms with Gasteiger partial charge in [0.1, 0.15) is 0 Å². The highest BCUT2D eigenvalue weighted by Gasteiger charge is 2.41. The van der Waals surface area contributed by atoms with Gasteiger partial charge in [-0.15, -0.1) is 0 Å². The maximum absolute atomic E-state index is 5.84. The van der Waals surface area contributed by atoms with Crippen molar-refractivity contribution in [3.63, 3.8) is 0 Å². The van der Waals surface area contributed by atoms with E-state index in [0.717, 1.165) is 12.6 Å². The van der Waals surface area contributed by atoms with Crippen LogP contribution >= 0.6 is 0 Å². The first kappa shape index (κ1) is 13.4. The summed E-state index contributed by atoms with van der Waals surface area (Å²) in [5.41, 5.74) is 0.441. The lowest BCUT2D eigenvalue weighted by atomic mass is 9.77. The van der Waals surface area contributed by atoms with Gasteiger partial charge in [0.2, 0.25) is 0 Å². The van der Waals surface area contributed by atoms with Crippen molar-refractivity contribution in [2.24, 2.45) is 5.41 Å². The van der Waals surface area contributed by atoms with E-state index in [9.17, 15) is 0 Å². The molecule has 0 radical (unpaired) electrons. The zero-order valence-electron chi connectivity index (χ0n) is 11.6. The fourth-order valence-electron chi connectivity index (χ4n) is 3.01. The molecule has 1 aliphatic heterocycles.